The Morgan fingerprint density at radius 1 is 1.35 bits per heavy atom. The van der Waals surface area contributed by atoms with Gasteiger partial charge in [-0.1, -0.05) is 6.42 Å². The standard InChI is InChI=1S/C13H25N3O/c1-9-8-10(6-7-16(9)2)15-13(17)11-4-3-5-12(11)14/h9-12H,3-8,14H2,1-2H3,(H,15,17). The van der Waals surface area contributed by atoms with Crippen molar-refractivity contribution in [3.8, 4) is 0 Å². The largest absolute Gasteiger partial charge is 0.353 e. The second-order valence-corrected chi connectivity index (χ2v) is 5.76. The average Bonchev–Trinajstić information content (AvgIpc) is 2.70. The minimum absolute atomic E-state index is 0.0602. The van der Waals surface area contributed by atoms with Crippen LogP contribution >= 0.6 is 0 Å². The van der Waals surface area contributed by atoms with Gasteiger partial charge in [0.15, 0.2) is 0 Å². The van der Waals surface area contributed by atoms with Gasteiger partial charge in [0.05, 0.1) is 5.92 Å². The number of carbonyl (C=O) groups is 1. The molecule has 2 fully saturated rings. The van der Waals surface area contributed by atoms with Crippen molar-refractivity contribution in [2.75, 3.05) is 13.6 Å². The molecule has 98 valence electrons. The predicted octanol–water partition coefficient (Wildman–Crippen LogP) is 0.713. The summed E-state index contributed by atoms with van der Waals surface area (Å²) in [5.41, 5.74) is 5.97. The molecule has 1 heterocycles. The molecular formula is C13H25N3O. The van der Waals surface area contributed by atoms with E-state index in [-0.39, 0.29) is 17.9 Å². The minimum Gasteiger partial charge on any atom is -0.353 e. The van der Waals surface area contributed by atoms with Crippen molar-refractivity contribution in [2.45, 2.75) is 57.2 Å². The summed E-state index contributed by atoms with van der Waals surface area (Å²) in [5, 5.41) is 3.20. The monoisotopic (exact) mass is 239 g/mol. The Kier molecular flexibility index (Phi) is 4.05. The van der Waals surface area contributed by atoms with E-state index >= 15 is 0 Å². The zero-order valence-corrected chi connectivity index (χ0v) is 11.0. The van der Waals surface area contributed by atoms with Crippen molar-refractivity contribution in [1.82, 2.24) is 10.2 Å². The van der Waals surface area contributed by atoms with Gasteiger partial charge in [-0.05, 0) is 39.7 Å². The highest BCUT2D eigenvalue weighted by atomic mass is 16.2. The van der Waals surface area contributed by atoms with E-state index in [1.165, 1.54) is 0 Å². The molecule has 4 atom stereocenters. The predicted molar refractivity (Wildman–Crippen MR) is 68.6 cm³/mol. The minimum atomic E-state index is 0.0602. The molecule has 17 heavy (non-hydrogen) atoms. The highest BCUT2D eigenvalue weighted by molar-refractivity contribution is 5.80. The third kappa shape index (κ3) is 2.99. The SMILES string of the molecule is CC1CC(NC(=O)C2CCCC2N)CCN1C. The van der Waals surface area contributed by atoms with Gasteiger partial charge in [0.25, 0.3) is 0 Å². The maximum absolute atomic E-state index is 12.1. The summed E-state index contributed by atoms with van der Waals surface area (Å²) in [5.74, 6) is 0.252. The van der Waals surface area contributed by atoms with Crippen molar-refractivity contribution >= 4 is 5.91 Å². The Morgan fingerprint density at radius 3 is 2.71 bits per heavy atom. The molecule has 3 N–H and O–H groups in total. The van der Waals surface area contributed by atoms with E-state index < -0.39 is 0 Å². The first-order chi connectivity index (χ1) is 8.08. The molecule has 0 aromatic rings. The number of amides is 1. The van der Waals surface area contributed by atoms with Crippen LogP contribution in [0, 0.1) is 5.92 Å². The average molecular weight is 239 g/mol. The van der Waals surface area contributed by atoms with Crippen molar-refractivity contribution < 1.29 is 4.79 Å². The van der Waals surface area contributed by atoms with E-state index in [1.807, 2.05) is 0 Å². The van der Waals surface area contributed by atoms with Crippen LogP contribution in [0.1, 0.15) is 39.0 Å². The fraction of sp³-hybridized carbons (Fsp3) is 0.923. The van der Waals surface area contributed by atoms with Crippen LogP contribution in [0.4, 0.5) is 0 Å². The van der Waals surface area contributed by atoms with Crippen LogP contribution in [0.15, 0.2) is 0 Å². The summed E-state index contributed by atoms with van der Waals surface area (Å²) in [6, 6.07) is 0.992. The highest BCUT2D eigenvalue weighted by Gasteiger charge is 2.32. The molecular weight excluding hydrogens is 214 g/mol. The molecule has 0 spiro atoms. The number of nitrogens with two attached hydrogens (primary N) is 1. The molecule has 0 aromatic carbocycles. The normalized spacial score (nSPS) is 39.2. The number of nitrogens with one attached hydrogen (secondary N) is 1. The number of rotatable bonds is 2. The summed E-state index contributed by atoms with van der Waals surface area (Å²) in [6.07, 6.45) is 5.19. The summed E-state index contributed by atoms with van der Waals surface area (Å²) < 4.78 is 0. The van der Waals surface area contributed by atoms with Crippen molar-refractivity contribution in [3.63, 3.8) is 0 Å². The molecule has 1 aliphatic heterocycles. The third-order valence-electron chi connectivity index (χ3n) is 4.46. The Bertz CT molecular complexity index is 282. The molecule has 0 radical (unpaired) electrons. The summed E-state index contributed by atoms with van der Waals surface area (Å²) in [6.45, 7) is 3.29. The molecule has 1 aliphatic carbocycles. The maximum Gasteiger partial charge on any atom is 0.224 e. The molecule has 4 heteroatoms. The van der Waals surface area contributed by atoms with Crippen LogP contribution in [0.3, 0.4) is 0 Å². The number of hydrogen-bond acceptors (Lipinski definition) is 3. The van der Waals surface area contributed by atoms with Gasteiger partial charge < -0.3 is 16.0 Å². The molecule has 1 amide bonds. The molecule has 0 aromatic heterocycles. The number of hydrogen-bond donors (Lipinski definition) is 2. The van der Waals surface area contributed by atoms with Gasteiger partial charge in [0, 0.05) is 24.7 Å². The first-order valence-corrected chi connectivity index (χ1v) is 6.84. The van der Waals surface area contributed by atoms with Gasteiger partial charge >= 0.3 is 0 Å². The maximum atomic E-state index is 12.1. The van der Waals surface area contributed by atoms with E-state index in [0.29, 0.717) is 12.1 Å². The van der Waals surface area contributed by atoms with Crippen LogP contribution in [0.5, 0.6) is 0 Å². The van der Waals surface area contributed by atoms with Gasteiger partial charge in [0.2, 0.25) is 5.91 Å². The zero-order chi connectivity index (χ0) is 12.4. The summed E-state index contributed by atoms with van der Waals surface area (Å²) >= 11 is 0. The van der Waals surface area contributed by atoms with Crippen LogP contribution < -0.4 is 11.1 Å². The number of nitrogens with zero attached hydrogens (tertiary/aromatic N) is 1. The van der Waals surface area contributed by atoms with Gasteiger partial charge in [0.1, 0.15) is 0 Å². The van der Waals surface area contributed by atoms with E-state index in [4.69, 9.17) is 5.73 Å². The van der Waals surface area contributed by atoms with E-state index in [9.17, 15) is 4.79 Å². The smallest absolute Gasteiger partial charge is 0.224 e. The molecule has 2 aliphatic rings. The third-order valence-corrected chi connectivity index (χ3v) is 4.46. The lowest BCUT2D eigenvalue weighted by Gasteiger charge is -2.35. The first kappa shape index (κ1) is 12.8. The number of carbonyl (C=O) groups excluding carboxylic acids is 1. The lowest BCUT2D eigenvalue weighted by molar-refractivity contribution is -0.126. The zero-order valence-electron chi connectivity index (χ0n) is 11.0. The first-order valence-electron chi connectivity index (χ1n) is 6.84. The van der Waals surface area contributed by atoms with Crippen LogP contribution in [-0.2, 0) is 4.79 Å². The Balaban J connectivity index is 1.82. The quantitative estimate of drug-likeness (QED) is 0.746. The van der Waals surface area contributed by atoms with Crippen LogP contribution in [0.2, 0.25) is 0 Å². The lowest BCUT2D eigenvalue weighted by Crippen LogP contribution is -2.50. The molecule has 2 rings (SSSR count). The van der Waals surface area contributed by atoms with Gasteiger partial charge in [-0.15, -0.1) is 0 Å². The molecule has 1 saturated carbocycles. The van der Waals surface area contributed by atoms with E-state index in [1.54, 1.807) is 0 Å². The Labute approximate surface area is 104 Å². The Hall–Kier alpha value is -0.610. The molecule has 4 nitrogen and oxygen atoms in total. The fourth-order valence-electron chi connectivity index (χ4n) is 3.04. The summed E-state index contributed by atoms with van der Waals surface area (Å²) in [7, 11) is 2.15. The van der Waals surface area contributed by atoms with Crippen molar-refractivity contribution in [3.05, 3.63) is 0 Å². The lowest BCUT2D eigenvalue weighted by atomic mass is 9.97. The number of piperidine rings is 1. The fourth-order valence-corrected chi connectivity index (χ4v) is 3.04. The van der Waals surface area contributed by atoms with Crippen LogP contribution in [0.25, 0.3) is 0 Å². The highest BCUT2D eigenvalue weighted by Crippen LogP contribution is 2.25. The molecule has 4 unspecified atom stereocenters. The van der Waals surface area contributed by atoms with Crippen molar-refractivity contribution in [2.24, 2.45) is 11.7 Å². The Morgan fingerprint density at radius 2 is 2.12 bits per heavy atom. The molecule has 1 saturated heterocycles. The summed E-state index contributed by atoms with van der Waals surface area (Å²) in [4.78, 5) is 14.5. The van der Waals surface area contributed by atoms with Gasteiger partial charge in [-0.25, -0.2) is 0 Å². The van der Waals surface area contributed by atoms with Gasteiger partial charge in [-0.3, -0.25) is 4.79 Å². The second-order valence-electron chi connectivity index (χ2n) is 5.76. The van der Waals surface area contributed by atoms with Crippen LogP contribution in [-0.4, -0.2) is 42.5 Å². The molecule has 0 bridgehead atoms. The van der Waals surface area contributed by atoms with Gasteiger partial charge in [-0.2, -0.15) is 0 Å². The topological polar surface area (TPSA) is 58.4 Å². The number of likely N-dealkylation sites (tertiary alicyclic amines) is 1. The van der Waals surface area contributed by atoms with E-state index in [2.05, 4.69) is 24.2 Å². The second kappa shape index (κ2) is 5.36. The van der Waals surface area contributed by atoms with E-state index in [0.717, 1.165) is 38.6 Å². The van der Waals surface area contributed by atoms with Crippen molar-refractivity contribution in [1.29, 1.82) is 0 Å².